The summed E-state index contributed by atoms with van der Waals surface area (Å²) < 4.78 is 16.4. The first-order valence-electron chi connectivity index (χ1n) is 7.36. The average molecular weight is 308 g/mol. The standard InChI is InChI=1S/C16H24N2O4/c1-16(2,3)22-15(19)18-8-7-12(10-18)21-14-9-11(20-4)5-6-13(14)17/h5-6,9,12H,7-8,10,17H2,1-4H3. The summed E-state index contributed by atoms with van der Waals surface area (Å²) in [7, 11) is 1.59. The lowest BCUT2D eigenvalue weighted by Gasteiger charge is -2.24. The first-order valence-corrected chi connectivity index (χ1v) is 7.36. The maximum atomic E-state index is 12.0. The molecule has 2 N–H and O–H groups in total. The number of likely N-dealkylation sites (tertiary alicyclic amines) is 1. The number of amides is 1. The summed E-state index contributed by atoms with van der Waals surface area (Å²) in [5.74, 6) is 1.27. The Labute approximate surface area is 131 Å². The van der Waals surface area contributed by atoms with Gasteiger partial charge < -0.3 is 24.8 Å². The molecule has 1 aromatic rings. The highest BCUT2D eigenvalue weighted by molar-refractivity contribution is 5.68. The van der Waals surface area contributed by atoms with E-state index in [2.05, 4.69) is 0 Å². The fraction of sp³-hybridized carbons (Fsp3) is 0.562. The summed E-state index contributed by atoms with van der Waals surface area (Å²) in [5.41, 5.74) is 5.97. The van der Waals surface area contributed by atoms with E-state index in [1.807, 2.05) is 20.8 Å². The van der Waals surface area contributed by atoms with Gasteiger partial charge in [0.1, 0.15) is 23.2 Å². The van der Waals surface area contributed by atoms with Crippen molar-refractivity contribution in [3.05, 3.63) is 18.2 Å². The van der Waals surface area contributed by atoms with Gasteiger partial charge in [-0.05, 0) is 32.9 Å². The minimum atomic E-state index is -0.493. The average Bonchev–Trinajstić information content (AvgIpc) is 2.88. The van der Waals surface area contributed by atoms with Gasteiger partial charge in [0.15, 0.2) is 0 Å². The fourth-order valence-electron chi connectivity index (χ4n) is 2.24. The van der Waals surface area contributed by atoms with Gasteiger partial charge in [-0.3, -0.25) is 0 Å². The number of hydrogen-bond donors (Lipinski definition) is 1. The van der Waals surface area contributed by atoms with Crippen molar-refractivity contribution in [1.29, 1.82) is 0 Å². The molecule has 6 heteroatoms. The molecule has 0 spiro atoms. The van der Waals surface area contributed by atoms with E-state index in [-0.39, 0.29) is 12.2 Å². The normalized spacial score (nSPS) is 18.2. The van der Waals surface area contributed by atoms with Gasteiger partial charge in [-0.15, -0.1) is 0 Å². The quantitative estimate of drug-likeness (QED) is 0.869. The summed E-state index contributed by atoms with van der Waals surface area (Å²) in [5, 5.41) is 0. The van der Waals surface area contributed by atoms with E-state index >= 15 is 0 Å². The highest BCUT2D eigenvalue weighted by Crippen LogP contribution is 2.29. The molecular weight excluding hydrogens is 284 g/mol. The topological polar surface area (TPSA) is 74.0 Å². The van der Waals surface area contributed by atoms with Crippen LogP contribution in [-0.2, 0) is 4.74 Å². The van der Waals surface area contributed by atoms with E-state index in [0.29, 0.717) is 30.3 Å². The summed E-state index contributed by atoms with van der Waals surface area (Å²) in [6.45, 7) is 6.67. The van der Waals surface area contributed by atoms with Crippen LogP contribution in [0.25, 0.3) is 0 Å². The molecule has 1 aromatic carbocycles. The zero-order valence-electron chi connectivity index (χ0n) is 13.6. The summed E-state index contributed by atoms with van der Waals surface area (Å²) >= 11 is 0. The smallest absolute Gasteiger partial charge is 0.410 e. The molecule has 6 nitrogen and oxygen atoms in total. The molecule has 1 amide bonds. The monoisotopic (exact) mass is 308 g/mol. The van der Waals surface area contributed by atoms with Crippen LogP contribution >= 0.6 is 0 Å². The molecule has 0 bridgehead atoms. The number of hydrogen-bond acceptors (Lipinski definition) is 5. The third kappa shape index (κ3) is 4.19. The molecular formula is C16H24N2O4. The molecule has 0 radical (unpaired) electrons. The van der Waals surface area contributed by atoms with Crippen LogP contribution in [-0.4, -0.2) is 42.9 Å². The number of carbonyl (C=O) groups is 1. The Bertz CT molecular complexity index is 539. The molecule has 0 aromatic heterocycles. The number of anilines is 1. The third-order valence-corrected chi connectivity index (χ3v) is 3.31. The van der Waals surface area contributed by atoms with Gasteiger partial charge in [-0.1, -0.05) is 0 Å². The zero-order valence-corrected chi connectivity index (χ0v) is 13.6. The molecule has 2 rings (SSSR count). The second kappa shape index (κ2) is 6.34. The number of carbonyl (C=O) groups excluding carboxylic acids is 1. The van der Waals surface area contributed by atoms with E-state index in [9.17, 15) is 4.79 Å². The van der Waals surface area contributed by atoms with Crippen molar-refractivity contribution in [3.63, 3.8) is 0 Å². The van der Waals surface area contributed by atoms with Crippen molar-refractivity contribution in [2.24, 2.45) is 0 Å². The Hall–Kier alpha value is -2.11. The fourth-order valence-corrected chi connectivity index (χ4v) is 2.24. The lowest BCUT2D eigenvalue weighted by molar-refractivity contribution is 0.0276. The van der Waals surface area contributed by atoms with Crippen molar-refractivity contribution in [2.45, 2.75) is 38.9 Å². The summed E-state index contributed by atoms with van der Waals surface area (Å²) in [6, 6.07) is 5.28. The Morgan fingerprint density at radius 3 is 2.73 bits per heavy atom. The Morgan fingerprint density at radius 1 is 1.36 bits per heavy atom. The van der Waals surface area contributed by atoms with E-state index in [1.165, 1.54) is 0 Å². The van der Waals surface area contributed by atoms with Crippen LogP contribution in [0.1, 0.15) is 27.2 Å². The molecule has 1 aliphatic heterocycles. The zero-order chi connectivity index (χ0) is 16.3. The first-order chi connectivity index (χ1) is 10.3. The van der Waals surface area contributed by atoms with Crippen LogP contribution in [0.3, 0.4) is 0 Å². The van der Waals surface area contributed by atoms with Crippen LogP contribution in [0.4, 0.5) is 10.5 Å². The molecule has 1 fully saturated rings. The second-order valence-corrected chi connectivity index (χ2v) is 6.36. The molecule has 1 aliphatic rings. The summed E-state index contributed by atoms with van der Waals surface area (Å²) in [6.07, 6.45) is 0.342. The number of nitrogens with zero attached hydrogens (tertiary/aromatic N) is 1. The van der Waals surface area contributed by atoms with E-state index in [1.54, 1.807) is 30.2 Å². The molecule has 1 unspecified atom stereocenters. The van der Waals surface area contributed by atoms with Crippen molar-refractivity contribution >= 4 is 11.8 Å². The minimum absolute atomic E-state index is 0.0954. The van der Waals surface area contributed by atoms with E-state index in [0.717, 1.165) is 6.42 Å². The maximum absolute atomic E-state index is 12.0. The lowest BCUT2D eigenvalue weighted by atomic mass is 10.2. The van der Waals surface area contributed by atoms with Crippen LogP contribution in [0, 0.1) is 0 Å². The molecule has 122 valence electrons. The van der Waals surface area contributed by atoms with Crippen LogP contribution in [0.5, 0.6) is 11.5 Å². The molecule has 1 heterocycles. The Kier molecular flexibility index (Phi) is 4.68. The number of rotatable bonds is 3. The molecule has 1 saturated heterocycles. The van der Waals surface area contributed by atoms with Crippen LogP contribution in [0.15, 0.2) is 18.2 Å². The van der Waals surface area contributed by atoms with Gasteiger partial charge in [0.05, 0.1) is 19.3 Å². The Balaban J connectivity index is 1.95. The molecule has 0 saturated carbocycles. The number of methoxy groups -OCH3 is 1. The maximum Gasteiger partial charge on any atom is 0.410 e. The lowest BCUT2D eigenvalue weighted by Crippen LogP contribution is -2.36. The van der Waals surface area contributed by atoms with Gasteiger partial charge in [-0.2, -0.15) is 0 Å². The van der Waals surface area contributed by atoms with Gasteiger partial charge in [-0.25, -0.2) is 4.79 Å². The van der Waals surface area contributed by atoms with Crippen molar-refractivity contribution in [3.8, 4) is 11.5 Å². The summed E-state index contributed by atoms with van der Waals surface area (Å²) in [4.78, 5) is 13.7. The van der Waals surface area contributed by atoms with Crippen molar-refractivity contribution in [1.82, 2.24) is 4.90 Å². The molecule has 22 heavy (non-hydrogen) atoms. The van der Waals surface area contributed by atoms with Gasteiger partial charge >= 0.3 is 6.09 Å². The van der Waals surface area contributed by atoms with Gasteiger partial charge in [0.25, 0.3) is 0 Å². The van der Waals surface area contributed by atoms with Crippen molar-refractivity contribution in [2.75, 3.05) is 25.9 Å². The largest absolute Gasteiger partial charge is 0.497 e. The molecule has 0 aliphatic carbocycles. The SMILES string of the molecule is COc1ccc(N)c(OC2CCN(C(=O)OC(C)(C)C)C2)c1. The van der Waals surface area contributed by atoms with Crippen LogP contribution in [0.2, 0.25) is 0 Å². The number of benzene rings is 1. The number of nitrogen functional groups attached to an aromatic ring is 1. The van der Waals surface area contributed by atoms with E-state index < -0.39 is 5.60 Å². The molecule has 1 atom stereocenters. The minimum Gasteiger partial charge on any atom is -0.497 e. The highest BCUT2D eigenvalue weighted by Gasteiger charge is 2.31. The number of ether oxygens (including phenoxy) is 3. The predicted molar refractivity (Wildman–Crippen MR) is 84.2 cm³/mol. The van der Waals surface area contributed by atoms with Gasteiger partial charge in [0.2, 0.25) is 0 Å². The third-order valence-electron chi connectivity index (χ3n) is 3.31. The van der Waals surface area contributed by atoms with Crippen LogP contribution < -0.4 is 15.2 Å². The highest BCUT2D eigenvalue weighted by atomic mass is 16.6. The van der Waals surface area contributed by atoms with Crippen molar-refractivity contribution < 1.29 is 19.0 Å². The second-order valence-electron chi connectivity index (χ2n) is 6.36. The first kappa shape index (κ1) is 16.3. The number of nitrogens with two attached hydrogens (primary N) is 1. The Morgan fingerprint density at radius 2 is 2.09 bits per heavy atom. The predicted octanol–water partition coefficient (Wildman–Crippen LogP) is 2.67. The van der Waals surface area contributed by atoms with E-state index in [4.69, 9.17) is 19.9 Å². The van der Waals surface area contributed by atoms with Gasteiger partial charge in [0, 0.05) is 19.0 Å².